The second kappa shape index (κ2) is 10.7. The van der Waals surface area contributed by atoms with Crippen LogP contribution in [-0.4, -0.2) is 14.5 Å². The first-order valence-corrected chi connectivity index (χ1v) is 18.0. The molecule has 11 rings (SSSR count). The van der Waals surface area contributed by atoms with E-state index in [2.05, 4.69) is 182 Å². The predicted molar refractivity (Wildman–Crippen MR) is 217 cm³/mol. The van der Waals surface area contributed by atoms with Gasteiger partial charge < -0.3 is 0 Å². The minimum atomic E-state index is -0.192. The van der Waals surface area contributed by atoms with Gasteiger partial charge in [0.15, 0.2) is 5.82 Å². The SMILES string of the molecule is CC1(C)c2ccccc2-c2cccc(-c3nc(-n4c5ccc(-c6ccc7ccccc7c6)cc5c5cc6ccccc6cc54)c4ccccc4n3)c21. The molecule has 3 nitrogen and oxygen atoms in total. The van der Waals surface area contributed by atoms with Crippen LogP contribution < -0.4 is 0 Å². The number of hydrogen-bond acceptors (Lipinski definition) is 2. The number of para-hydroxylation sites is 1. The number of hydrogen-bond donors (Lipinski definition) is 0. The molecular weight excluding hydrogens is 631 g/mol. The summed E-state index contributed by atoms with van der Waals surface area (Å²) in [5.41, 5.74) is 11.7. The van der Waals surface area contributed by atoms with Crippen LogP contribution in [0.5, 0.6) is 0 Å². The van der Waals surface area contributed by atoms with E-state index in [4.69, 9.17) is 9.97 Å². The van der Waals surface area contributed by atoms with Gasteiger partial charge in [-0.05, 0) is 97.4 Å². The summed E-state index contributed by atoms with van der Waals surface area (Å²) >= 11 is 0. The van der Waals surface area contributed by atoms with Gasteiger partial charge in [-0.3, -0.25) is 4.57 Å². The molecule has 244 valence electrons. The van der Waals surface area contributed by atoms with Crippen molar-refractivity contribution < 1.29 is 0 Å². The Kier molecular flexibility index (Phi) is 6.01. The highest BCUT2D eigenvalue weighted by Crippen LogP contribution is 2.52. The molecule has 0 aliphatic heterocycles. The Balaban J connectivity index is 1.21. The third-order valence-electron chi connectivity index (χ3n) is 11.3. The largest absolute Gasteiger partial charge is 0.293 e. The van der Waals surface area contributed by atoms with Gasteiger partial charge in [0.25, 0.3) is 0 Å². The Labute approximate surface area is 301 Å². The fraction of sp³-hybridized carbons (Fsp3) is 0.0612. The second-order valence-corrected chi connectivity index (χ2v) is 14.6. The molecule has 0 atom stereocenters. The third-order valence-corrected chi connectivity index (χ3v) is 11.3. The minimum Gasteiger partial charge on any atom is -0.293 e. The van der Waals surface area contributed by atoms with Crippen molar-refractivity contribution in [2.75, 3.05) is 0 Å². The summed E-state index contributed by atoms with van der Waals surface area (Å²) in [6.07, 6.45) is 0. The van der Waals surface area contributed by atoms with Gasteiger partial charge in [0, 0.05) is 27.1 Å². The number of benzene rings is 8. The quantitative estimate of drug-likeness (QED) is 0.188. The van der Waals surface area contributed by atoms with Gasteiger partial charge in [-0.1, -0.05) is 135 Å². The summed E-state index contributed by atoms with van der Waals surface area (Å²) in [7, 11) is 0. The molecule has 10 aromatic rings. The van der Waals surface area contributed by atoms with Crippen molar-refractivity contribution in [2.45, 2.75) is 19.3 Å². The zero-order chi connectivity index (χ0) is 34.6. The van der Waals surface area contributed by atoms with E-state index in [1.807, 2.05) is 0 Å². The van der Waals surface area contributed by atoms with Gasteiger partial charge in [-0.2, -0.15) is 0 Å². The average molecular weight is 664 g/mol. The molecule has 0 unspecified atom stereocenters. The molecule has 0 saturated heterocycles. The van der Waals surface area contributed by atoms with Crippen molar-refractivity contribution in [3.8, 4) is 39.5 Å². The summed E-state index contributed by atoms with van der Waals surface area (Å²) in [4.78, 5) is 10.9. The molecule has 1 aliphatic rings. The molecule has 0 N–H and O–H groups in total. The van der Waals surface area contributed by atoms with E-state index in [9.17, 15) is 0 Å². The highest BCUT2D eigenvalue weighted by molar-refractivity contribution is 6.15. The van der Waals surface area contributed by atoms with Gasteiger partial charge in [0.2, 0.25) is 0 Å². The molecule has 52 heavy (non-hydrogen) atoms. The molecular formula is C49H33N3. The lowest BCUT2D eigenvalue weighted by molar-refractivity contribution is 0.661. The van der Waals surface area contributed by atoms with Crippen LogP contribution >= 0.6 is 0 Å². The van der Waals surface area contributed by atoms with Crippen molar-refractivity contribution in [2.24, 2.45) is 0 Å². The third kappa shape index (κ3) is 4.14. The topological polar surface area (TPSA) is 30.7 Å². The van der Waals surface area contributed by atoms with Crippen LogP contribution in [0.2, 0.25) is 0 Å². The van der Waals surface area contributed by atoms with Crippen LogP contribution in [0.4, 0.5) is 0 Å². The molecule has 0 amide bonds. The smallest absolute Gasteiger partial charge is 0.162 e. The highest BCUT2D eigenvalue weighted by atomic mass is 15.1. The monoisotopic (exact) mass is 663 g/mol. The Morgan fingerprint density at radius 2 is 1.08 bits per heavy atom. The number of fused-ring (bicyclic) bond motifs is 9. The molecule has 2 aromatic heterocycles. The highest BCUT2D eigenvalue weighted by Gasteiger charge is 2.38. The first-order chi connectivity index (χ1) is 25.5. The van der Waals surface area contributed by atoms with Crippen LogP contribution in [0.15, 0.2) is 164 Å². The number of rotatable bonds is 3. The Morgan fingerprint density at radius 3 is 1.94 bits per heavy atom. The van der Waals surface area contributed by atoms with Gasteiger partial charge in [-0.15, -0.1) is 0 Å². The average Bonchev–Trinajstić information content (AvgIpc) is 3.63. The van der Waals surface area contributed by atoms with Crippen molar-refractivity contribution in [3.63, 3.8) is 0 Å². The van der Waals surface area contributed by atoms with Gasteiger partial charge in [0.05, 0.1) is 16.6 Å². The van der Waals surface area contributed by atoms with Crippen molar-refractivity contribution in [3.05, 3.63) is 175 Å². The lowest BCUT2D eigenvalue weighted by atomic mass is 9.80. The van der Waals surface area contributed by atoms with E-state index >= 15 is 0 Å². The first-order valence-electron chi connectivity index (χ1n) is 18.0. The predicted octanol–water partition coefficient (Wildman–Crippen LogP) is 12.7. The number of aromatic nitrogens is 3. The van der Waals surface area contributed by atoms with Gasteiger partial charge >= 0.3 is 0 Å². The second-order valence-electron chi connectivity index (χ2n) is 14.6. The van der Waals surface area contributed by atoms with Crippen molar-refractivity contribution >= 4 is 54.3 Å². The van der Waals surface area contributed by atoms with Crippen LogP contribution in [-0.2, 0) is 5.41 Å². The van der Waals surface area contributed by atoms with Crippen molar-refractivity contribution in [1.82, 2.24) is 14.5 Å². The van der Waals surface area contributed by atoms with Crippen LogP contribution in [0.3, 0.4) is 0 Å². The van der Waals surface area contributed by atoms with E-state index < -0.39 is 0 Å². The molecule has 3 heteroatoms. The molecule has 2 heterocycles. The molecule has 0 saturated carbocycles. The maximum Gasteiger partial charge on any atom is 0.162 e. The fourth-order valence-electron chi connectivity index (χ4n) is 8.87. The van der Waals surface area contributed by atoms with E-state index in [1.165, 1.54) is 65.7 Å². The molecule has 1 aliphatic carbocycles. The molecule has 0 bridgehead atoms. The Bertz CT molecular complexity index is 3110. The van der Waals surface area contributed by atoms with Crippen LogP contribution in [0.25, 0.3) is 93.7 Å². The maximum atomic E-state index is 5.57. The normalized spacial score (nSPS) is 13.3. The fourth-order valence-corrected chi connectivity index (χ4v) is 8.87. The Hall–Kier alpha value is -6.58. The molecule has 8 aromatic carbocycles. The zero-order valence-electron chi connectivity index (χ0n) is 28.9. The van der Waals surface area contributed by atoms with E-state index in [0.29, 0.717) is 0 Å². The summed E-state index contributed by atoms with van der Waals surface area (Å²) in [6.45, 7) is 4.66. The lowest BCUT2D eigenvalue weighted by Gasteiger charge is -2.24. The standard InChI is InChI=1S/C49H33N3/c1-49(2)42-20-9-7-16-36(42)37-18-11-19-39(46(37)49)47-50-43-21-10-8-17-38(43)48(51-47)52-44-25-24-35(34-23-22-30-12-3-4-13-31(30)26-34)28-40(44)41-27-32-14-5-6-15-33(32)29-45(41)52/h3-29H,1-2H3. The van der Waals surface area contributed by atoms with E-state index in [0.717, 1.165) is 39.1 Å². The van der Waals surface area contributed by atoms with E-state index in [1.54, 1.807) is 0 Å². The molecule has 0 fully saturated rings. The maximum absolute atomic E-state index is 5.57. The lowest BCUT2D eigenvalue weighted by Crippen LogP contribution is -2.17. The Morgan fingerprint density at radius 1 is 0.442 bits per heavy atom. The molecule has 0 radical (unpaired) electrons. The van der Waals surface area contributed by atoms with E-state index in [-0.39, 0.29) is 5.41 Å². The first kappa shape index (κ1) is 29.2. The zero-order valence-corrected chi connectivity index (χ0v) is 28.9. The summed E-state index contributed by atoms with van der Waals surface area (Å²) in [6, 6.07) is 59.4. The van der Waals surface area contributed by atoms with Crippen molar-refractivity contribution in [1.29, 1.82) is 0 Å². The van der Waals surface area contributed by atoms with Crippen LogP contribution in [0, 0.1) is 0 Å². The summed E-state index contributed by atoms with van der Waals surface area (Å²) in [5, 5.41) is 8.34. The van der Waals surface area contributed by atoms with Gasteiger partial charge in [-0.25, -0.2) is 9.97 Å². The summed E-state index contributed by atoms with van der Waals surface area (Å²) < 4.78 is 2.37. The summed E-state index contributed by atoms with van der Waals surface area (Å²) in [5.74, 6) is 1.63. The van der Waals surface area contributed by atoms with Crippen LogP contribution in [0.1, 0.15) is 25.0 Å². The minimum absolute atomic E-state index is 0.192. The van der Waals surface area contributed by atoms with Gasteiger partial charge in [0.1, 0.15) is 5.82 Å². The number of nitrogens with zero attached hydrogens (tertiary/aromatic N) is 3. The molecule has 0 spiro atoms.